The van der Waals surface area contributed by atoms with Gasteiger partial charge in [-0.3, -0.25) is 5.10 Å². The summed E-state index contributed by atoms with van der Waals surface area (Å²) in [5, 5.41) is 7.45. The van der Waals surface area contributed by atoms with Crippen molar-refractivity contribution in [3.63, 3.8) is 0 Å². The maximum atomic E-state index is 6.08. The Morgan fingerprint density at radius 3 is 2.37 bits per heavy atom. The van der Waals surface area contributed by atoms with E-state index >= 15 is 0 Å². The predicted molar refractivity (Wildman–Crippen MR) is 78.9 cm³/mol. The molecular formula is C16H21N3. The van der Waals surface area contributed by atoms with Crippen molar-refractivity contribution >= 4 is 5.82 Å². The Bertz CT molecular complexity index is 522. The number of nitrogens with two attached hydrogens (primary N) is 1. The molecule has 3 N–H and O–H groups in total. The average molecular weight is 255 g/mol. The van der Waals surface area contributed by atoms with Gasteiger partial charge in [-0.15, -0.1) is 0 Å². The number of rotatable bonds is 2. The van der Waals surface area contributed by atoms with Crippen molar-refractivity contribution in [3.8, 4) is 11.1 Å². The SMILES string of the molecule is Nc1n[nH]c(C2CCCCCC2)c1-c1ccccc1. The second-order valence-corrected chi connectivity index (χ2v) is 5.45. The van der Waals surface area contributed by atoms with E-state index in [9.17, 15) is 0 Å². The van der Waals surface area contributed by atoms with E-state index < -0.39 is 0 Å². The molecule has 1 heterocycles. The van der Waals surface area contributed by atoms with Crippen LogP contribution in [0.1, 0.15) is 50.1 Å². The molecule has 2 aromatic rings. The fraction of sp³-hybridized carbons (Fsp3) is 0.438. The third kappa shape index (κ3) is 2.50. The third-order valence-corrected chi connectivity index (χ3v) is 4.15. The van der Waals surface area contributed by atoms with E-state index in [1.165, 1.54) is 49.8 Å². The summed E-state index contributed by atoms with van der Waals surface area (Å²) in [5.41, 5.74) is 9.61. The summed E-state index contributed by atoms with van der Waals surface area (Å²) in [7, 11) is 0. The zero-order valence-corrected chi connectivity index (χ0v) is 11.2. The van der Waals surface area contributed by atoms with Crippen molar-refractivity contribution in [2.45, 2.75) is 44.4 Å². The third-order valence-electron chi connectivity index (χ3n) is 4.15. The van der Waals surface area contributed by atoms with Gasteiger partial charge in [0.25, 0.3) is 0 Å². The summed E-state index contributed by atoms with van der Waals surface area (Å²) < 4.78 is 0. The van der Waals surface area contributed by atoms with Gasteiger partial charge in [0.15, 0.2) is 5.82 Å². The highest BCUT2D eigenvalue weighted by Gasteiger charge is 2.22. The Balaban J connectivity index is 1.98. The molecule has 1 aromatic heterocycles. The lowest BCUT2D eigenvalue weighted by Gasteiger charge is -2.14. The number of aromatic amines is 1. The topological polar surface area (TPSA) is 54.7 Å². The molecule has 0 unspecified atom stereocenters. The number of benzene rings is 1. The number of nitrogens with one attached hydrogen (secondary N) is 1. The summed E-state index contributed by atoms with van der Waals surface area (Å²) in [4.78, 5) is 0. The van der Waals surface area contributed by atoms with Crippen LogP contribution in [0.15, 0.2) is 30.3 Å². The molecule has 3 heteroatoms. The van der Waals surface area contributed by atoms with E-state index in [2.05, 4.69) is 34.5 Å². The Hall–Kier alpha value is -1.77. The van der Waals surface area contributed by atoms with Crippen molar-refractivity contribution in [2.75, 3.05) is 5.73 Å². The molecule has 1 saturated carbocycles. The van der Waals surface area contributed by atoms with E-state index in [-0.39, 0.29) is 0 Å². The lowest BCUT2D eigenvalue weighted by molar-refractivity contribution is 0.577. The maximum Gasteiger partial charge on any atom is 0.153 e. The molecule has 0 amide bonds. The molecule has 100 valence electrons. The largest absolute Gasteiger partial charge is 0.382 e. The molecule has 19 heavy (non-hydrogen) atoms. The molecule has 3 rings (SSSR count). The van der Waals surface area contributed by atoms with Gasteiger partial charge in [-0.1, -0.05) is 56.0 Å². The first-order valence-corrected chi connectivity index (χ1v) is 7.25. The number of anilines is 1. The van der Waals surface area contributed by atoms with Gasteiger partial charge in [-0.25, -0.2) is 0 Å². The van der Waals surface area contributed by atoms with Gasteiger partial charge in [0.1, 0.15) is 0 Å². The molecule has 1 aliphatic carbocycles. The molecule has 3 nitrogen and oxygen atoms in total. The monoisotopic (exact) mass is 255 g/mol. The standard InChI is InChI=1S/C16H21N3/c17-16-14(12-8-6-3-7-9-12)15(18-19-16)13-10-4-1-2-5-11-13/h3,6-9,13H,1-2,4-5,10-11H2,(H3,17,18,19). The van der Waals surface area contributed by atoms with Crippen LogP contribution in [0.2, 0.25) is 0 Å². The number of hydrogen-bond donors (Lipinski definition) is 2. The van der Waals surface area contributed by atoms with Crippen molar-refractivity contribution in [3.05, 3.63) is 36.0 Å². The molecule has 1 fully saturated rings. The average Bonchev–Trinajstić information content (AvgIpc) is 2.67. The van der Waals surface area contributed by atoms with Gasteiger partial charge in [0, 0.05) is 17.2 Å². The lowest BCUT2D eigenvalue weighted by atomic mass is 9.91. The fourth-order valence-corrected chi connectivity index (χ4v) is 3.14. The number of H-pyrrole nitrogens is 1. The summed E-state index contributed by atoms with van der Waals surface area (Å²) in [6, 6.07) is 10.4. The predicted octanol–water partition coefficient (Wildman–Crippen LogP) is 4.10. The van der Waals surface area contributed by atoms with Gasteiger partial charge in [0.05, 0.1) is 0 Å². The zero-order valence-electron chi connectivity index (χ0n) is 11.2. The highest BCUT2D eigenvalue weighted by molar-refractivity contribution is 5.76. The Morgan fingerprint density at radius 1 is 1.00 bits per heavy atom. The van der Waals surface area contributed by atoms with Gasteiger partial charge >= 0.3 is 0 Å². The molecule has 1 aliphatic rings. The molecule has 0 bridgehead atoms. The van der Waals surface area contributed by atoms with Gasteiger partial charge in [-0.05, 0) is 18.4 Å². The maximum absolute atomic E-state index is 6.08. The van der Waals surface area contributed by atoms with Crippen LogP contribution < -0.4 is 5.73 Å². The van der Waals surface area contributed by atoms with Crippen molar-refractivity contribution in [1.82, 2.24) is 10.2 Å². The highest BCUT2D eigenvalue weighted by Crippen LogP contribution is 2.38. The quantitative estimate of drug-likeness (QED) is 0.794. The molecule has 0 saturated heterocycles. The highest BCUT2D eigenvalue weighted by atomic mass is 15.2. The summed E-state index contributed by atoms with van der Waals surface area (Å²) in [5.74, 6) is 1.22. The van der Waals surface area contributed by atoms with Crippen molar-refractivity contribution in [1.29, 1.82) is 0 Å². The van der Waals surface area contributed by atoms with E-state index in [4.69, 9.17) is 5.73 Å². The summed E-state index contributed by atoms with van der Waals surface area (Å²) in [6.07, 6.45) is 7.86. The van der Waals surface area contributed by atoms with Crippen LogP contribution in [-0.4, -0.2) is 10.2 Å². The lowest BCUT2D eigenvalue weighted by Crippen LogP contribution is -2.00. The molecule has 0 spiro atoms. The van der Waals surface area contributed by atoms with Crippen LogP contribution in [0.4, 0.5) is 5.82 Å². The molecular weight excluding hydrogens is 234 g/mol. The van der Waals surface area contributed by atoms with Gasteiger partial charge in [0.2, 0.25) is 0 Å². The second-order valence-electron chi connectivity index (χ2n) is 5.45. The van der Waals surface area contributed by atoms with E-state index in [1.54, 1.807) is 0 Å². The van der Waals surface area contributed by atoms with Gasteiger partial charge < -0.3 is 5.73 Å². The minimum Gasteiger partial charge on any atom is -0.382 e. The smallest absolute Gasteiger partial charge is 0.153 e. The fourth-order valence-electron chi connectivity index (χ4n) is 3.14. The second kappa shape index (κ2) is 5.47. The number of aromatic nitrogens is 2. The Morgan fingerprint density at radius 2 is 1.68 bits per heavy atom. The summed E-state index contributed by atoms with van der Waals surface area (Å²) in [6.45, 7) is 0. The zero-order chi connectivity index (χ0) is 13.1. The van der Waals surface area contributed by atoms with Crippen LogP contribution in [0, 0.1) is 0 Å². The van der Waals surface area contributed by atoms with Crippen LogP contribution in [0.25, 0.3) is 11.1 Å². The van der Waals surface area contributed by atoms with Crippen molar-refractivity contribution in [2.24, 2.45) is 0 Å². The van der Waals surface area contributed by atoms with E-state index in [0.29, 0.717) is 11.7 Å². The van der Waals surface area contributed by atoms with Crippen LogP contribution >= 0.6 is 0 Å². The number of nitrogens with zero attached hydrogens (tertiary/aromatic N) is 1. The Kier molecular flexibility index (Phi) is 3.53. The van der Waals surface area contributed by atoms with Crippen LogP contribution in [-0.2, 0) is 0 Å². The number of nitrogen functional groups attached to an aromatic ring is 1. The Labute approximate surface area is 114 Å². The first-order chi connectivity index (χ1) is 9.36. The van der Waals surface area contributed by atoms with Gasteiger partial charge in [-0.2, -0.15) is 5.10 Å². The normalized spacial score (nSPS) is 17.3. The first-order valence-electron chi connectivity index (χ1n) is 7.25. The minimum atomic E-state index is 0.586. The van der Waals surface area contributed by atoms with E-state index in [1.807, 2.05) is 6.07 Å². The molecule has 0 aliphatic heterocycles. The van der Waals surface area contributed by atoms with E-state index in [0.717, 1.165) is 5.56 Å². The molecule has 0 atom stereocenters. The first kappa shape index (κ1) is 12.3. The number of hydrogen-bond acceptors (Lipinski definition) is 2. The summed E-state index contributed by atoms with van der Waals surface area (Å²) >= 11 is 0. The van der Waals surface area contributed by atoms with Crippen LogP contribution in [0.5, 0.6) is 0 Å². The molecule has 0 radical (unpaired) electrons. The minimum absolute atomic E-state index is 0.586. The molecule has 1 aromatic carbocycles. The van der Waals surface area contributed by atoms with Crippen molar-refractivity contribution < 1.29 is 0 Å². The van der Waals surface area contributed by atoms with Crippen LogP contribution in [0.3, 0.4) is 0 Å².